The summed E-state index contributed by atoms with van der Waals surface area (Å²) < 4.78 is 0. The molecule has 3 heteroatoms. The molecule has 0 fully saturated rings. The van der Waals surface area contributed by atoms with Crippen molar-refractivity contribution in [3.8, 4) is 16.9 Å². The molecule has 0 aromatic heterocycles. The molecule has 33 heavy (non-hydrogen) atoms. The third-order valence-corrected chi connectivity index (χ3v) is 6.00. The summed E-state index contributed by atoms with van der Waals surface area (Å²) >= 11 is 0. The topological polar surface area (TPSA) is 63.3 Å². The molecule has 0 unspecified atom stereocenters. The minimum atomic E-state index is -0.153. The summed E-state index contributed by atoms with van der Waals surface area (Å²) in [6.07, 6.45) is 20.9. The van der Waals surface area contributed by atoms with Gasteiger partial charge in [-0.1, -0.05) is 139 Å². The van der Waals surface area contributed by atoms with E-state index in [0.29, 0.717) is 12.2 Å². The van der Waals surface area contributed by atoms with Crippen LogP contribution >= 0.6 is 0 Å². The number of amides is 1. The predicted molar refractivity (Wildman–Crippen MR) is 142 cm³/mol. The van der Waals surface area contributed by atoms with E-state index in [1.807, 2.05) is 42.5 Å². The maximum atomic E-state index is 10.6. The lowest BCUT2D eigenvalue weighted by Crippen LogP contribution is -2.09. The second-order valence-electron chi connectivity index (χ2n) is 9.08. The Morgan fingerprint density at radius 1 is 0.606 bits per heavy atom. The monoisotopic (exact) mass is 453 g/mol. The second-order valence-corrected chi connectivity index (χ2v) is 9.08. The Hall–Kier alpha value is -2.29. The van der Waals surface area contributed by atoms with Gasteiger partial charge in [0.1, 0.15) is 5.75 Å². The number of rotatable bonds is 17. The Balaban J connectivity index is 0.000000357. The number of hydrogen-bond donors (Lipinski definition) is 2. The molecule has 2 aromatic carbocycles. The SMILES string of the molecule is CCCCCCCCCCCCCCCCCC(N)=O.Oc1ccc(-c2ccccc2)cc1. The summed E-state index contributed by atoms with van der Waals surface area (Å²) in [5.74, 6) is 0.152. The lowest BCUT2D eigenvalue weighted by atomic mass is 10.0. The number of carbonyl (C=O) groups is 1. The molecule has 2 aromatic rings. The van der Waals surface area contributed by atoms with Crippen molar-refractivity contribution in [2.75, 3.05) is 0 Å². The smallest absolute Gasteiger partial charge is 0.217 e. The fourth-order valence-corrected chi connectivity index (χ4v) is 3.96. The molecule has 0 saturated carbocycles. The first-order chi connectivity index (χ1) is 16.1. The van der Waals surface area contributed by atoms with Crippen LogP contribution in [0, 0.1) is 0 Å². The van der Waals surface area contributed by atoms with Crippen molar-refractivity contribution < 1.29 is 9.90 Å². The number of phenolic OH excluding ortho intramolecular Hbond substituents is 1. The highest BCUT2D eigenvalue weighted by Crippen LogP contribution is 2.21. The molecule has 0 aliphatic rings. The molecule has 0 aliphatic heterocycles. The van der Waals surface area contributed by atoms with Gasteiger partial charge in [0.2, 0.25) is 5.91 Å². The molecule has 0 heterocycles. The summed E-state index contributed by atoms with van der Waals surface area (Å²) in [6, 6.07) is 17.3. The number of phenols is 1. The number of hydrogen-bond acceptors (Lipinski definition) is 2. The maximum absolute atomic E-state index is 10.6. The highest BCUT2D eigenvalue weighted by atomic mass is 16.3. The van der Waals surface area contributed by atoms with E-state index in [4.69, 9.17) is 10.8 Å². The van der Waals surface area contributed by atoms with Gasteiger partial charge in [-0.3, -0.25) is 4.79 Å². The molecule has 3 nitrogen and oxygen atoms in total. The lowest BCUT2D eigenvalue weighted by Gasteiger charge is -2.03. The molecular formula is C30H47NO2. The van der Waals surface area contributed by atoms with Crippen LogP contribution in [0.1, 0.15) is 110 Å². The molecule has 0 aliphatic carbocycles. The Labute approximate surface area is 202 Å². The van der Waals surface area contributed by atoms with Gasteiger partial charge in [0.15, 0.2) is 0 Å². The normalized spacial score (nSPS) is 10.5. The number of primary amides is 1. The van der Waals surface area contributed by atoms with E-state index in [0.717, 1.165) is 12.0 Å². The summed E-state index contributed by atoms with van der Waals surface area (Å²) in [5, 5.41) is 9.10. The van der Waals surface area contributed by atoms with Gasteiger partial charge in [0.25, 0.3) is 0 Å². The Kier molecular flexibility index (Phi) is 17.7. The first kappa shape index (κ1) is 28.7. The molecule has 0 spiro atoms. The van der Waals surface area contributed by atoms with Crippen molar-refractivity contribution in [1.82, 2.24) is 0 Å². The maximum Gasteiger partial charge on any atom is 0.217 e. The molecule has 184 valence electrons. The predicted octanol–water partition coefficient (Wildman–Crippen LogP) is 8.79. The zero-order valence-electron chi connectivity index (χ0n) is 20.9. The summed E-state index contributed by atoms with van der Waals surface area (Å²) in [7, 11) is 0. The molecule has 0 bridgehead atoms. The highest BCUT2D eigenvalue weighted by Gasteiger charge is 1.96. The fraction of sp³-hybridized carbons (Fsp3) is 0.567. The second kappa shape index (κ2) is 20.3. The van der Waals surface area contributed by atoms with E-state index in [2.05, 4.69) is 6.92 Å². The fourth-order valence-electron chi connectivity index (χ4n) is 3.96. The molecular weight excluding hydrogens is 406 g/mol. The Bertz CT molecular complexity index is 697. The molecule has 2 rings (SSSR count). The van der Waals surface area contributed by atoms with Gasteiger partial charge in [-0.05, 0) is 29.7 Å². The Morgan fingerprint density at radius 3 is 1.42 bits per heavy atom. The number of aromatic hydroxyl groups is 1. The van der Waals surface area contributed by atoms with Gasteiger partial charge in [0.05, 0.1) is 0 Å². The third-order valence-electron chi connectivity index (χ3n) is 6.00. The van der Waals surface area contributed by atoms with E-state index < -0.39 is 0 Å². The molecule has 0 saturated heterocycles. The van der Waals surface area contributed by atoms with Crippen LogP contribution in [0.25, 0.3) is 11.1 Å². The van der Waals surface area contributed by atoms with Crippen LogP contribution in [-0.4, -0.2) is 11.0 Å². The van der Waals surface area contributed by atoms with Crippen molar-refractivity contribution >= 4 is 5.91 Å². The number of unbranched alkanes of at least 4 members (excludes halogenated alkanes) is 14. The van der Waals surface area contributed by atoms with Crippen LogP contribution in [0.15, 0.2) is 54.6 Å². The minimum absolute atomic E-state index is 0.153. The van der Waals surface area contributed by atoms with E-state index in [-0.39, 0.29) is 5.91 Å². The van der Waals surface area contributed by atoms with Gasteiger partial charge in [-0.25, -0.2) is 0 Å². The number of carbonyl (C=O) groups excluding carboxylic acids is 1. The van der Waals surface area contributed by atoms with E-state index in [1.54, 1.807) is 12.1 Å². The van der Waals surface area contributed by atoms with Crippen LogP contribution in [0.3, 0.4) is 0 Å². The van der Waals surface area contributed by atoms with Crippen molar-refractivity contribution in [3.05, 3.63) is 54.6 Å². The zero-order chi connectivity index (χ0) is 24.0. The van der Waals surface area contributed by atoms with Gasteiger partial charge in [-0.2, -0.15) is 0 Å². The average Bonchev–Trinajstić information content (AvgIpc) is 2.83. The standard InChI is InChI=1S/C18H37NO.C12H10O/c1-2-3-4-5-6-7-8-9-10-11-12-13-14-15-16-17-18(19)20;13-12-8-6-11(7-9-12)10-4-2-1-3-5-10/h2-17H2,1H3,(H2,19,20);1-9,13H. The summed E-state index contributed by atoms with van der Waals surface area (Å²) in [4.78, 5) is 10.6. The van der Waals surface area contributed by atoms with Crippen LogP contribution < -0.4 is 5.73 Å². The van der Waals surface area contributed by atoms with Crippen LogP contribution in [-0.2, 0) is 4.79 Å². The summed E-state index contributed by atoms with van der Waals surface area (Å²) in [5.41, 5.74) is 7.40. The van der Waals surface area contributed by atoms with Crippen molar-refractivity contribution in [1.29, 1.82) is 0 Å². The molecule has 0 radical (unpaired) electrons. The van der Waals surface area contributed by atoms with Crippen LogP contribution in [0.2, 0.25) is 0 Å². The van der Waals surface area contributed by atoms with Crippen molar-refractivity contribution in [3.63, 3.8) is 0 Å². The van der Waals surface area contributed by atoms with E-state index in [9.17, 15) is 4.79 Å². The minimum Gasteiger partial charge on any atom is -0.508 e. The first-order valence-corrected chi connectivity index (χ1v) is 13.3. The zero-order valence-corrected chi connectivity index (χ0v) is 20.9. The van der Waals surface area contributed by atoms with Gasteiger partial charge < -0.3 is 10.8 Å². The number of nitrogens with two attached hydrogens (primary N) is 1. The van der Waals surface area contributed by atoms with E-state index >= 15 is 0 Å². The van der Waals surface area contributed by atoms with Gasteiger partial charge >= 0.3 is 0 Å². The summed E-state index contributed by atoms with van der Waals surface area (Å²) in [6.45, 7) is 2.28. The van der Waals surface area contributed by atoms with Crippen LogP contribution in [0.5, 0.6) is 5.75 Å². The highest BCUT2D eigenvalue weighted by molar-refractivity contribution is 5.73. The molecule has 0 atom stereocenters. The first-order valence-electron chi connectivity index (χ1n) is 13.3. The molecule has 3 N–H and O–H groups in total. The van der Waals surface area contributed by atoms with Crippen LogP contribution in [0.4, 0.5) is 0 Å². The van der Waals surface area contributed by atoms with Gasteiger partial charge in [0, 0.05) is 6.42 Å². The van der Waals surface area contributed by atoms with Crippen molar-refractivity contribution in [2.45, 2.75) is 110 Å². The number of benzene rings is 2. The Morgan fingerprint density at radius 2 is 1.00 bits per heavy atom. The molecule has 1 amide bonds. The quantitative estimate of drug-likeness (QED) is 0.235. The largest absolute Gasteiger partial charge is 0.508 e. The van der Waals surface area contributed by atoms with Gasteiger partial charge in [-0.15, -0.1) is 0 Å². The van der Waals surface area contributed by atoms with Crippen molar-refractivity contribution in [2.24, 2.45) is 5.73 Å². The third kappa shape index (κ3) is 16.9. The van der Waals surface area contributed by atoms with E-state index in [1.165, 1.54) is 95.5 Å². The average molecular weight is 454 g/mol. The lowest BCUT2D eigenvalue weighted by molar-refractivity contribution is -0.118.